The first-order chi connectivity index (χ1) is 9.55. The molecule has 1 fully saturated rings. The molecule has 2 rings (SSSR count). The highest BCUT2D eigenvalue weighted by atomic mass is 32.2. The van der Waals surface area contributed by atoms with Gasteiger partial charge in [0, 0.05) is 31.4 Å². The van der Waals surface area contributed by atoms with Crippen molar-refractivity contribution in [2.45, 2.75) is 44.7 Å². The van der Waals surface area contributed by atoms with Crippen LogP contribution in [0.5, 0.6) is 0 Å². The molecule has 0 bridgehead atoms. The molecule has 2 heterocycles. The molecular weight excluding hydrogens is 276 g/mol. The Bertz CT molecular complexity index is 523. The van der Waals surface area contributed by atoms with Crippen LogP contribution in [0.1, 0.15) is 32.1 Å². The van der Waals surface area contributed by atoms with Gasteiger partial charge in [-0.05, 0) is 31.4 Å². The average Bonchev–Trinajstić information content (AvgIpc) is 2.99. The SMILES string of the molecule is O=C(CCCCCn1cccc1)N[C@H]1CCS(=O)(=O)C1. The molecule has 1 aromatic rings. The van der Waals surface area contributed by atoms with Crippen LogP contribution in [0.3, 0.4) is 0 Å². The van der Waals surface area contributed by atoms with Gasteiger partial charge in [-0.3, -0.25) is 4.79 Å². The van der Waals surface area contributed by atoms with Gasteiger partial charge in [0.1, 0.15) is 0 Å². The predicted molar refractivity (Wildman–Crippen MR) is 78.1 cm³/mol. The van der Waals surface area contributed by atoms with E-state index in [0.29, 0.717) is 12.8 Å². The first-order valence-corrected chi connectivity index (χ1v) is 8.98. The van der Waals surface area contributed by atoms with E-state index < -0.39 is 9.84 Å². The van der Waals surface area contributed by atoms with Crippen molar-refractivity contribution < 1.29 is 13.2 Å². The van der Waals surface area contributed by atoms with E-state index in [4.69, 9.17) is 0 Å². The van der Waals surface area contributed by atoms with Crippen LogP contribution in [0.2, 0.25) is 0 Å². The van der Waals surface area contributed by atoms with Crippen molar-refractivity contribution in [1.82, 2.24) is 9.88 Å². The first-order valence-electron chi connectivity index (χ1n) is 7.16. The van der Waals surface area contributed by atoms with E-state index in [1.807, 2.05) is 24.5 Å². The third kappa shape index (κ3) is 5.00. The highest BCUT2D eigenvalue weighted by Gasteiger charge is 2.28. The van der Waals surface area contributed by atoms with E-state index in [0.717, 1.165) is 25.8 Å². The van der Waals surface area contributed by atoms with Crippen molar-refractivity contribution in [1.29, 1.82) is 0 Å². The summed E-state index contributed by atoms with van der Waals surface area (Å²) in [6.07, 6.45) is 8.03. The second-order valence-corrected chi connectivity index (χ2v) is 7.63. The van der Waals surface area contributed by atoms with E-state index in [1.54, 1.807) is 0 Å². The van der Waals surface area contributed by atoms with Crippen LogP contribution in [-0.2, 0) is 21.2 Å². The van der Waals surface area contributed by atoms with Crippen LogP contribution in [0.15, 0.2) is 24.5 Å². The van der Waals surface area contributed by atoms with E-state index in [1.165, 1.54) is 0 Å². The molecule has 0 aromatic carbocycles. The summed E-state index contributed by atoms with van der Waals surface area (Å²) in [4.78, 5) is 11.7. The summed E-state index contributed by atoms with van der Waals surface area (Å²) >= 11 is 0. The van der Waals surface area contributed by atoms with Crippen molar-refractivity contribution in [2.24, 2.45) is 0 Å². The highest BCUT2D eigenvalue weighted by Crippen LogP contribution is 2.11. The fourth-order valence-corrected chi connectivity index (χ4v) is 4.16. The van der Waals surface area contributed by atoms with Crippen molar-refractivity contribution in [3.63, 3.8) is 0 Å². The Morgan fingerprint density at radius 2 is 1.95 bits per heavy atom. The topological polar surface area (TPSA) is 68.2 Å². The fourth-order valence-electron chi connectivity index (χ4n) is 2.48. The Morgan fingerprint density at radius 1 is 1.20 bits per heavy atom. The van der Waals surface area contributed by atoms with Gasteiger partial charge in [0.2, 0.25) is 5.91 Å². The zero-order chi connectivity index (χ0) is 14.4. The van der Waals surface area contributed by atoms with E-state index in [2.05, 4.69) is 9.88 Å². The van der Waals surface area contributed by atoms with E-state index in [-0.39, 0.29) is 23.5 Å². The number of amides is 1. The van der Waals surface area contributed by atoms with Crippen molar-refractivity contribution in [2.75, 3.05) is 11.5 Å². The van der Waals surface area contributed by atoms with Gasteiger partial charge in [-0.1, -0.05) is 6.42 Å². The van der Waals surface area contributed by atoms with Gasteiger partial charge < -0.3 is 9.88 Å². The molecule has 6 heteroatoms. The average molecular weight is 298 g/mol. The molecule has 0 unspecified atom stereocenters. The van der Waals surface area contributed by atoms with Gasteiger partial charge >= 0.3 is 0 Å². The molecule has 5 nitrogen and oxygen atoms in total. The molecule has 1 aliphatic heterocycles. The Labute approximate surface area is 120 Å². The largest absolute Gasteiger partial charge is 0.354 e. The Kier molecular flexibility index (Phi) is 5.23. The minimum absolute atomic E-state index is 0.0203. The molecule has 1 aromatic heterocycles. The summed E-state index contributed by atoms with van der Waals surface area (Å²) in [5.74, 6) is 0.286. The Balaban J connectivity index is 1.54. The third-order valence-corrected chi connectivity index (χ3v) is 5.35. The van der Waals surface area contributed by atoms with Crippen LogP contribution in [0.25, 0.3) is 0 Å². The third-order valence-electron chi connectivity index (χ3n) is 3.58. The quantitative estimate of drug-likeness (QED) is 0.773. The molecule has 112 valence electrons. The number of rotatable bonds is 7. The van der Waals surface area contributed by atoms with Gasteiger partial charge in [-0.15, -0.1) is 0 Å². The monoisotopic (exact) mass is 298 g/mol. The number of hydrogen-bond donors (Lipinski definition) is 1. The molecule has 1 amide bonds. The lowest BCUT2D eigenvalue weighted by Crippen LogP contribution is -2.35. The number of aryl methyl sites for hydroxylation is 1. The molecule has 1 atom stereocenters. The minimum atomic E-state index is -2.91. The molecule has 1 saturated heterocycles. The normalized spacial score (nSPS) is 20.9. The standard InChI is InChI=1S/C14H22N2O3S/c17-14(15-13-7-11-20(18,19)12-13)6-2-1-3-8-16-9-4-5-10-16/h4-5,9-10,13H,1-3,6-8,11-12H2,(H,15,17)/t13-/m0/s1. The maximum Gasteiger partial charge on any atom is 0.220 e. The van der Waals surface area contributed by atoms with E-state index in [9.17, 15) is 13.2 Å². The zero-order valence-electron chi connectivity index (χ0n) is 11.6. The van der Waals surface area contributed by atoms with Crippen molar-refractivity contribution >= 4 is 15.7 Å². The van der Waals surface area contributed by atoms with Gasteiger partial charge in [0.15, 0.2) is 9.84 Å². The maximum atomic E-state index is 11.7. The molecule has 0 aliphatic carbocycles. The summed E-state index contributed by atoms with van der Waals surface area (Å²) < 4.78 is 24.7. The highest BCUT2D eigenvalue weighted by molar-refractivity contribution is 7.91. The number of aromatic nitrogens is 1. The number of sulfone groups is 1. The zero-order valence-corrected chi connectivity index (χ0v) is 12.4. The van der Waals surface area contributed by atoms with Crippen molar-refractivity contribution in [3.05, 3.63) is 24.5 Å². The molecule has 1 N–H and O–H groups in total. The number of nitrogens with zero attached hydrogens (tertiary/aromatic N) is 1. The molecule has 1 aliphatic rings. The second kappa shape index (κ2) is 6.92. The summed E-state index contributed by atoms with van der Waals surface area (Å²) in [7, 11) is -2.91. The maximum absolute atomic E-state index is 11.7. The van der Waals surface area contributed by atoms with Gasteiger partial charge in [0.25, 0.3) is 0 Å². The molecule has 0 saturated carbocycles. The van der Waals surface area contributed by atoms with Gasteiger partial charge in [-0.25, -0.2) is 8.42 Å². The van der Waals surface area contributed by atoms with Crippen LogP contribution < -0.4 is 5.32 Å². The van der Waals surface area contributed by atoms with Crippen LogP contribution in [-0.4, -0.2) is 36.4 Å². The molecule has 20 heavy (non-hydrogen) atoms. The minimum Gasteiger partial charge on any atom is -0.354 e. The number of carbonyl (C=O) groups is 1. The summed E-state index contributed by atoms with van der Waals surface area (Å²) in [5.41, 5.74) is 0. The lowest BCUT2D eigenvalue weighted by atomic mass is 10.1. The summed E-state index contributed by atoms with van der Waals surface area (Å²) in [5, 5.41) is 2.82. The lowest BCUT2D eigenvalue weighted by Gasteiger charge is -2.10. The number of carbonyl (C=O) groups excluding carboxylic acids is 1. The molecule has 0 spiro atoms. The summed E-state index contributed by atoms with van der Waals surface area (Å²) in [6.45, 7) is 0.982. The fraction of sp³-hybridized carbons (Fsp3) is 0.643. The van der Waals surface area contributed by atoms with Gasteiger partial charge in [0.05, 0.1) is 11.5 Å². The van der Waals surface area contributed by atoms with Gasteiger partial charge in [-0.2, -0.15) is 0 Å². The number of nitrogens with one attached hydrogen (secondary N) is 1. The molecular formula is C14H22N2O3S. The Morgan fingerprint density at radius 3 is 2.60 bits per heavy atom. The number of hydrogen-bond acceptors (Lipinski definition) is 3. The Hall–Kier alpha value is -1.30. The number of unbranched alkanes of at least 4 members (excludes halogenated alkanes) is 2. The smallest absolute Gasteiger partial charge is 0.220 e. The summed E-state index contributed by atoms with van der Waals surface area (Å²) in [6, 6.07) is 3.83. The first kappa shape index (κ1) is 15.1. The lowest BCUT2D eigenvalue weighted by molar-refractivity contribution is -0.121. The van der Waals surface area contributed by atoms with Crippen molar-refractivity contribution in [3.8, 4) is 0 Å². The van der Waals surface area contributed by atoms with Crippen LogP contribution in [0.4, 0.5) is 0 Å². The van der Waals surface area contributed by atoms with E-state index >= 15 is 0 Å². The predicted octanol–water partition coefficient (Wildman–Crippen LogP) is 1.35. The second-order valence-electron chi connectivity index (χ2n) is 5.40. The molecule has 0 radical (unpaired) electrons. The van der Waals surface area contributed by atoms with Crippen LogP contribution >= 0.6 is 0 Å². The van der Waals surface area contributed by atoms with Crippen LogP contribution in [0, 0.1) is 0 Å².